The van der Waals surface area contributed by atoms with Gasteiger partial charge in [-0.05, 0) is 12.1 Å². The van der Waals surface area contributed by atoms with Crippen LogP contribution >= 0.6 is 0 Å². The minimum Gasteiger partial charge on any atom is -0.493 e. The zero-order valence-electron chi connectivity index (χ0n) is 9.93. The lowest BCUT2D eigenvalue weighted by Crippen LogP contribution is -2.01. The van der Waals surface area contributed by atoms with Crippen molar-refractivity contribution in [2.45, 2.75) is 0 Å². The van der Waals surface area contributed by atoms with E-state index in [4.69, 9.17) is 19.8 Å². The number of anilines is 1. The smallest absolute Gasteiger partial charge is 0.347 e. The molecular weight excluding hydrogens is 236 g/mol. The predicted octanol–water partition coefficient (Wildman–Crippen LogP) is 1.61. The Morgan fingerprint density at radius 3 is 2.56 bits per heavy atom. The lowest BCUT2D eigenvalue weighted by Gasteiger charge is -2.09. The summed E-state index contributed by atoms with van der Waals surface area (Å²) in [7, 11) is 3.01. The van der Waals surface area contributed by atoms with E-state index in [-0.39, 0.29) is 5.57 Å². The third kappa shape index (κ3) is 3.15. The van der Waals surface area contributed by atoms with Gasteiger partial charge in [0.1, 0.15) is 6.07 Å². The van der Waals surface area contributed by atoms with Crippen molar-refractivity contribution in [2.24, 2.45) is 0 Å². The number of carboxylic acids is 1. The molecular formula is C12H12N2O4. The van der Waals surface area contributed by atoms with Crippen LogP contribution in [0, 0.1) is 11.3 Å². The van der Waals surface area contributed by atoms with Gasteiger partial charge in [0.2, 0.25) is 0 Å². The molecule has 0 aliphatic rings. The molecule has 1 aromatic carbocycles. The second-order valence-corrected chi connectivity index (χ2v) is 3.19. The number of ether oxygens (including phenoxy) is 2. The number of nitrogens with one attached hydrogen (secondary N) is 1. The average Bonchev–Trinajstić information content (AvgIpc) is 2.38. The van der Waals surface area contributed by atoms with Gasteiger partial charge in [0.05, 0.1) is 14.2 Å². The lowest BCUT2D eigenvalue weighted by molar-refractivity contribution is -0.132. The number of methoxy groups -OCH3 is 2. The van der Waals surface area contributed by atoms with Crippen molar-refractivity contribution in [2.75, 3.05) is 19.5 Å². The van der Waals surface area contributed by atoms with Crippen LogP contribution in [-0.2, 0) is 4.79 Å². The van der Waals surface area contributed by atoms with Crippen LogP contribution in [0.25, 0.3) is 0 Å². The Balaban J connectivity index is 2.93. The van der Waals surface area contributed by atoms with Gasteiger partial charge in [-0.15, -0.1) is 0 Å². The summed E-state index contributed by atoms with van der Waals surface area (Å²) in [5.41, 5.74) is 0.200. The third-order valence-corrected chi connectivity index (χ3v) is 2.12. The molecule has 0 atom stereocenters. The van der Waals surface area contributed by atoms with E-state index >= 15 is 0 Å². The molecule has 0 bridgehead atoms. The molecule has 0 saturated carbocycles. The Labute approximate surface area is 104 Å². The SMILES string of the molecule is COc1ccc(NC=C(C#N)C(=O)O)cc1OC. The maximum absolute atomic E-state index is 10.6. The Kier molecular flexibility index (Phi) is 4.58. The molecule has 1 rings (SSSR count). The second kappa shape index (κ2) is 6.15. The van der Waals surface area contributed by atoms with Crippen LogP contribution in [0.1, 0.15) is 0 Å². The Morgan fingerprint density at radius 1 is 1.39 bits per heavy atom. The Morgan fingerprint density at radius 2 is 2.06 bits per heavy atom. The van der Waals surface area contributed by atoms with Crippen LogP contribution in [0.4, 0.5) is 5.69 Å². The van der Waals surface area contributed by atoms with E-state index in [1.807, 2.05) is 0 Å². The summed E-state index contributed by atoms with van der Waals surface area (Å²) in [5, 5.41) is 19.9. The van der Waals surface area contributed by atoms with E-state index in [1.165, 1.54) is 14.2 Å². The molecule has 6 heteroatoms. The first kappa shape index (κ1) is 13.4. The minimum atomic E-state index is -1.29. The molecule has 0 aliphatic carbocycles. The Bertz CT molecular complexity index is 517. The van der Waals surface area contributed by atoms with Gasteiger partial charge in [0.25, 0.3) is 0 Å². The molecule has 0 radical (unpaired) electrons. The first-order valence-electron chi connectivity index (χ1n) is 4.94. The number of hydrogen-bond donors (Lipinski definition) is 2. The highest BCUT2D eigenvalue weighted by atomic mass is 16.5. The van der Waals surface area contributed by atoms with E-state index < -0.39 is 5.97 Å². The lowest BCUT2D eigenvalue weighted by atomic mass is 10.2. The van der Waals surface area contributed by atoms with Gasteiger partial charge in [-0.3, -0.25) is 0 Å². The standard InChI is InChI=1S/C12H12N2O4/c1-17-10-4-3-9(5-11(10)18-2)14-7-8(6-13)12(15)16/h3-5,7,14H,1-2H3,(H,15,16). The number of hydrogen-bond acceptors (Lipinski definition) is 5. The molecule has 0 unspecified atom stereocenters. The van der Waals surface area contributed by atoms with Crippen molar-refractivity contribution in [1.29, 1.82) is 5.26 Å². The molecule has 2 N–H and O–H groups in total. The van der Waals surface area contributed by atoms with Crippen LogP contribution < -0.4 is 14.8 Å². The molecule has 0 saturated heterocycles. The van der Waals surface area contributed by atoms with Gasteiger partial charge in [0.15, 0.2) is 17.1 Å². The number of benzene rings is 1. The molecule has 0 heterocycles. The highest BCUT2D eigenvalue weighted by Crippen LogP contribution is 2.29. The Hall–Kier alpha value is -2.68. The highest BCUT2D eigenvalue weighted by Gasteiger charge is 2.06. The monoisotopic (exact) mass is 248 g/mol. The number of nitriles is 1. The third-order valence-electron chi connectivity index (χ3n) is 2.12. The largest absolute Gasteiger partial charge is 0.493 e. The number of rotatable bonds is 5. The van der Waals surface area contributed by atoms with Gasteiger partial charge in [0, 0.05) is 18.0 Å². The van der Waals surface area contributed by atoms with Crippen molar-refractivity contribution in [3.63, 3.8) is 0 Å². The van der Waals surface area contributed by atoms with Gasteiger partial charge >= 0.3 is 5.97 Å². The zero-order valence-corrected chi connectivity index (χ0v) is 9.93. The molecule has 0 aliphatic heterocycles. The minimum absolute atomic E-state index is 0.384. The predicted molar refractivity (Wildman–Crippen MR) is 64.5 cm³/mol. The fourth-order valence-electron chi connectivity index (χ4n) is 1.22. The van der Waals surface area contributed by atoms with Gasteiger partial charge in [-0.2, -0.15) is 5.26 Å². The number of carboxylic acid groups (broad SMARTS) is 1. The van der Waals surface area contributed by atoms with Crippen molar-refractivity contribution in [3.05, 3.63) is 30.0 Å². The van der Waals surface area contributed by atoms with Gasteiger partial charge < -0.3 is 19.9 Å². The summed E-state index contributed by atoms with van der Waals surface area (Å²) in [6, 6.07) is 6.54. The van der Waals surface area contributed by atoms with Crippen LogP contribution in [-0.4, -0.2) is 25.3 Å². The topological polar surface area (TPSA) is 91.6 Å². The summed E-state index contributed by atoms with van der Waals surface area (Å²) < 4.78 is 10.2. The fourth-order valence-corrected chi connectivity index (χ4v) is 1.22. The summed E-state index contributed by atoms with van der Waals surface area (Å²) in [5.74, 6) is -0.221. The van der Waals surface area contributed by atoms with E-state index in [9.17, 15) is 4.79 Å². The fraction of sp³-hybridized carbons (Fsp3) is 0.167. The van der Waals surface area contributed by atoms with Crippen LogP contribution in [0.2, 0.25) is 0 Å². The first-order chi connectivity index (χ1) is 8.62. The van der Waals surface area contributed by atoms with Crippen molar-refractivity contribution < 1.29 is 19.4 Å². The van der Waals surface area contributed by atoms with Crippen LogP contribution in [0.3, 0.4) is 0 Å². The molecule has 6 nitrogen and oxygen atoms in total. The zero-order chi connectivity index (χ0) is 13.5. The molecule has 0 amide bonds. The maximum atomic E-state index is 10.6. The molecule has 0 fully saturated rings. The molecule has 18 heavy (non-hydrogen) atoms. The highest BCUT2D eigenvalue weighted by molar-refractivity contribution is 5.91. The van der Waals surface area contributed by atoms with E-state index in [0.29, 0.717) is 17.2 Å². The van der Waals surface area contributed by atoms with Crippen LogP contribution in [0.5, 0.6) is 11.5 Å². The average molecular weight is 248 g/mol. The number of nitrogens with zero attached hydrogens (tertiary/aromatic N) is 1. The summed E-state index contributed by atoms with van der Waals surface area (Å²) in [6.07, 6.45) is 1.11. The first-order valence-corrected chi connectivity index (χ1v) is 4.94. The molecule has 94 valence electrons. The normalized spacial score (nSPS) is 10.4. The van der Waals surface area contributed by atoms with Crippen molar-refractivity contribution in [3.8, 4) is 17.6 Å². The molecule has 0 spiro atoms. The second-order valence-electron chi connectivity index (χ2n) is 3.19. The maximum Gasteiger partial charge on any atom is 0.347 e. The summed E-state index contributed by atoms with van der Waals surface area (Å²) in [6.45, 7) is 0. The van der Waals surface area contributed by atoms with Crippen LogP contribution in [0.15, 0.2) is 30.0 Å². The summed E-state index contributed by atoms with van der Waals surface area (Å²) in [4.78, 5) is 10.6. The van der Waals surface area contributed by atoms with Crippen molar-refractivity contribution in [1.82, 2.24) is 0 Å². The van der Waals surface area contributed by atoms with Crippen molar-refractivity contribution >= 4 is 11.7 Å². The van der Waals surface area contributed by atoms with E-state index in [0.717, 1.165) is 6.20 Å². The number of aliphatic carboxylic acids is 1. The van der Waals surface area contributed by atoms with E-state index in [2.05, 4.69) is 5.32 Å². The summed E-state index contributed by atoms with van der Waals surface area (Å²) >= 11 is 0. The number of carbonyl (C=O) groups is 1. The quantitative estimate of drug-likeness (QED) is 0.607. The van der Waals surface area contributed by atoms with Gasteiger partial charge in [-0.1, -0.05) is 0 Å². The molecule has 1 aromatic rings. The van der Waals surface area contributed by atoms with E-state index in [1.54, 1.807) is 24.3 Å². The molecule has 0 aromatic heterocycles. The van der Waals surface area contributed by atoms with Gasteiger partial charge in [-0.25, -0.2) is 4.79 Å².